The minimum atomic E-state index is -0.254. The highest BCUT2D eigenvalue weighted by Gasteiger charge is 1.90. The lowest BCUT2D eigenvalue weighted by Crippen LogP contribution is -1.84. The molecule has 58 valence electrons. The van der Waals surface area contributed by atoms with Crippen molar-refractivity contribution in [2.24, 2.45) is 0 Å². The molecular formula is C7H7FN2S. The first-order chi connectivity index (χ1) is 5.33. The van der Waals surface area contributed by atoms with Crippen molar-refractivity contribution in [1.82, 2.24) is 0 Å². The zero-order valence-electron chi connectivity index (χ0n) is 5.67. The van der Waals surface area contributed by atoms with E-state index in [-0.39, 0.29) is 5.82 Å². The third-order valence-corrected chi connectivity index (χ3v) is 1.55. The number of halogens is 1. The topological polar surface area (TPSA) is 35.9 Å². The summed E-state index contributed by atoms with van der Waals surface area (Å²) in [7, 11) is 0. The second-order valence-electron chi connectivity index (χ2n) is 1.84. The van der Waals surface area contributed by atoms with E-state index in [0.717, 1.165) is 17.6 Å². The fraction of sp³-hybridized carbons (Fsp3) is 0. The SMILES string of the molecule is N=CSNc1ccc(F)cc1. The molecule has 0 aliphatic carbocycles. The van der Waals surface area contributed by atoms with E-state index in [4.69, 9.17) is 5.41 Å². The Morgan fingerprint density at radius 2 is 2.00 bits per heavy atom. The van der Waals surface area contributed by atoms with Crippen LogP contribution < -0.4 is 4.72 Å². The molecule has 4 heteroatoms. The van der Waals surface area contributed by atoms with Gasteiger partial charge in [0.05, 0.1) is 5.55 Å². The van der Waals surface area contributed by atoms with Gasteiger partial charge in [0, 0.05) is 5.69 Å². The Hall–Kier alpha value is -1.03. The molecule has 0 saturated carbocycles. The first-order valence-corrected chi connectivity index (χ1v) is 3.87. The Bertz CT molecular complexity index is 235. The summed E-state index contributed by atoms with van der Waals surface area (Å²) in [5.41, 5.74) is 1.96. The summed E-state index contributed by atoms with van der Waals surface area (Å²) < 4.78 is 15.2. The molecule has 0 saturated heterocycles. The highest BCUT2D eigenvalue weighted by Crippen LogP contribution is 2.11. The number of rotatable bonds is 3. The summed E-state index contributed by atoms with van der Waals surface area (Å²) in [4.78, 5) is 0. The van der Waals surface area contributed by atoms with E-state index >= 15 is 0 Å². The summed E-state index contributed by atoms with van der Waals surface area (Å²) in [6.45, 7) is 0. The van der Waals surface area contributed by atoms with Crippen molar-refractivity contribution in [3.8, 4) is 0 Å². The van der Waals surface area contributed by atoms with Gasteiger partial charge in [-0.25, -0.2) is 4.39 Å². The van der Waals surface area contributed by atoms with Crippen LogP contribution in [0.4, 0.5) is 10.1 Å². The molecule has 1 aromatic rings. The van der Waals surface area contributed by atoms with Crippen LogP contribution in [-0.4, -0.2) is 5.55 Å². The zero-order chi connectivity index (χ0) is 8.10. The average molecular weight is 170 g/mol. The van der Waals surface area contributed by atoms with Crippen LogP contribution in [-0.2, 0) is 0 Å². The predicted octanol–water partition coefficient (Wildman–Crippen LogP) is 2.49. The molecule has 11 heavy (non-hydrogen) atoms. The van der Waals surface area contributed by atoms with Crippen molar-refractivity contribution in [1.29, 1.82) is 5.41 Å². The van der Waals surface area contributed by atoms with Crippen molar-refractivity contribution in [3.05, 3.63) is 30.1 Å². The van der Waals surface area contributed by atoms with E-state index in [2.05, 4.69) is 4.72 Å². The Labute approximate surface area is 68.5 Å². The van der Waals surface area contributed by atoms with Gasteiger partial charge < -0.3 is 10.1 Å². The highest BCUT2D eigenvalue weighted by atomic mass is 32.2. The van der Waals surface area contributed by atoms with Crippen LogP contribution in [0.25, 0.3) is 0 Å². The van der Waals surface area contributed by atoms with Crippen LogP contribution in [0.15, 0.2) is 24.3 Å². The fourth-order valence-corrected chi connectivity index (χ4v) is 0.947. The summed E-state index contributed by atoms with van der Waals surface area (Å²) in [5.74, 6) is -0.254. The van der Waals surface area contributed by atoms with Gasteiger partial charge in [-0.2, -0.15) is 0 Å². The average Bonchev–Trinajstić information content (AvgIpc) is 2.04. The third-order valence-electron chi connectivity index (χ3n) is 1.08. The molecule has 0 aromatic heterocycles. The smallest absolute Gasteiger partial charge is 0.123 e. The van der Waals surface area contributed by atoms with Crippen molar-refractivity contribution >= 4 is 23.2 Å². The third kappa shape index (κ3) is 2.59. The van der Waals surface area contributed by atoms with Gasteiger partial charge in [-0.15, -0.1) is 0 Å². The predicted molar refractivity (Wildman–Crippen MR) is 46.4 cm³/mol. The Kier molecular flexibility index (Phi) is 2.92. The van der Waals surface area contributed by atoms with Crippen LogP contribution in [0.5, 0.6) is 0 Å². The largest absolute Gasteiger partial charge is 0.325 e. The van der Waals surface area contributed by atoms with Crippen LogP contribution >= 0.6 is 11.9 Å². The molecule has 2 N–H and O–H groups in total. The van der Waals surface area contributed by atoms with E-state index < -0.39 is 0 Å². The molecule has 0 bridgehead atoms. The van der Waals surface area contributed by atoms with Gasteiger partial charge >= 0.3 is 0 Å². The Morgan fingerprint density at radius 1 is 1.36 bits per heavy atom. The summed E-state index contributed by atoms with van der Waals surface area (Å²) in [6, 6.07) is 5.97. The van der Waals surface area contributed by atoms with Crippen LogP contribution in [0.3, 0.4) is 0 Å². The number of anilines is 1. The van der Waals surface area contributed by atoms with Crippen molar-refractivity contribution < 1.29 is 4.39 Å². The second kappa shape index (κ2) is 3.98. The molecule has 0 radical (unpaired) electrons. The lowest BCUT2D eigenvalue weighted by atomic mass is 10.3. The van der Waals surface area contributed by atoms with E-state index in [1.807, 2.05) is 0 Å². The maximum atomic E-state index is 12.3. The lowest BCUT2D eigenvalue weighted by Gasteiger charge is -1.99. The fourth-order valence-electron chi connectivity index (χ4n) is 0.615. The first-order valence-electron chi connectivity index (χ1n) is 2.99. The van der Waals surface area contributed by atoms with Crippen LogP contribution in [0.2, 0.25) is 0 Å². The number of benzene rings is 1. The van der Waals surface area contributed by atoms with E-state index in [1.165, 1.54) is 17.7 Å². The minimum Gasteiger partial charge on any atom is -0.325 e. The monoisotopic (exact) mass is 170 g/mol. The van der Waals surface area contributed by atoms with Gasteiger partial charge in [0.15, 0.2) is 0 Å². The molecule has 0 aliphatic rings. The van der Waals surface area contributed by atoms with Crippen molar-refractivity contribution in [2.45, 2.75) is 0 Å². The van der Waals surface area contributed by atoms with Crippen LogP contribution in [0.1, 0.15) is 0 Å². The maximum absolute atomic E-state index is 12.3. The highest BCUT2D eigenvalue weighted by molar-refractivity contribution is 8.13. The molecule has 1 rings (SSSR count). The van der Waals surface area contributed by atoms with Gasteiger partial charge in [0.1, 0.15) is 5.82 Å². The molecule has 0 spiro atoms. The number of hydrogen-bond acceptors (Lipinski definition) is 3. The molecule has 0 heterocycles. The van der Waals surface area contributed by atoms with Gasteiger partial charge in [0.2, 0.25) is 0 Å². The van der Waals surface area contributed by atoms with Crippen molar-refractivity contribution in [3.63, 3.8) is 0 Å². The van der Waals surface area contributed by atoms with Gasteiger partial charge in [-0.1, -0.05) is 0 Å². The maximum Gasteiger partial charge on any atom is 0.123 e. The first kappa shape index (κ1) is 8.07. The molecule has 2 nitrogen and oxygen atoms in total. The molecule has 0 fully saturated rings. The minimum absolute atomic E-state index is 0.254. The molecule has 1 aromatic carbocycles. The number of nitrogens with one attached hydrogen (secondary N) is 2. The van der Waals surface area contributed by atoms with Gasteiger partial charge in [-0.05, 0) is 36.2 Å². The van der Waals surface area contributed by atoms with E-state index in [1.54, 1.807) is 12.1 Å². The lowest BCUT2D eigenvalue weighted by molar-refractivity contribution is 0.628. The van der Waals surface area contributed by atoms with Gasteiger partial charge in [-0.3, -0.25) is 0 Å². The molecule has 0 amide bonds. The van der Waals surface area contributed by atoms with E-state index in [0.29, 0.717) is 0 Å². The molecular weight excluding hydrogens is 163 g/mol. The quantitative estimate of drug-likeness (QED) is 0.415. The Morgan fingerprint density at radius 3 is 2.55 bits per heavy atom. The molecule has 0 unspecified atom stereocenters. The van der Waals surface area contributed by atoms with E-state index in [9.17, 15) is 4.39 Å². The standard InChI is InChI=1S/C7H7FN2S/c8-6-1-3-7(4-2-6)10-11-5-9/h1-5,9-10H. The summed E-state index contributed by atoms with van der Waals surface area (Å²) in [5, 5.41) is 6.70. The summed E-state index contributed by atoms with van der Waals surface area (Å²) in [6.07, 6.45) is 0. The van der Waals surface area contributed by atoms with Gasteiger partial charge in [0.25, 0.3) is 0 Å². The second-order valence-corrected chi connectivity index (χ2v) is 2.52. The normalized spacial score (nSPS) is 9.18. The molecule has 0 atom stereocenters. The Balaban J connectivity index is 2.58. The summed E-state index contributed by atoms with van der Waals surface area (Å²) >= 11 is 1.14. The van der Waals surface area contributed by atoms with Crippen LogP contribution in [0, 0.1) is 11.2 Å². The molecule has 0 aliphatic heterocycles. The van der Waals surface area contributed by atoms with Crippen molar-refractivity contribution in [2.75, 3.05) is 4.72 Å². The zero-order valence-corrected chi connectivity index (χ0v) is 6.49. The number of hydrogen-bond donors (Lipinski definition) is 2.